The number of aliphatic hydroxyl groups is 1. The van der Waals surface area contributed by atoms with E-state index in [0.717, 1.165) is 5.56 Å². The number of rotatable bonds is 7. The summed E-state index contributed by atoms with van der Waals surface area (Å²) in [7, 11) is 1.57. The number of carbonyl (C=O) groups excluding carboxylic acids is 1. The van der Waals surface area contributed by atoms with Gasteiger partial charge in [0.15, 0.2) is 0 Å². The van der Waals surface area contributed by atoms with Crippen LogP contribution < -0.4 is 15.8 Å². The molecule has 2 unspecified atom stereocenters. The molecule has 0 saturated carbocycles. The predicted molar refractivity (Wildman–Crippen MR) is 88.9 cm³/mol. The van der Waals surface area contributed by atoms with Crippen molar-refractivity contribution in [1.29, 1.82) is 0 Å². The highest BCUT2D eigenvalue weighted by atomic mass is 16.5. The van der Waals surface area contributed by atoms with E-state index in [1.54, 1.807) is 32.2 Å². The molecule has 5 nitrogen and oxygen atoms in total. The Morgan fingerprint density at radius 2 is 1.96 bits per heavy atom. The van der Waals surface area contributed by atoms with Crippen molar-refractivity contribution in [2.45, 2.75) is 18.6 Å². The minimum absolute atomic E-state index is 0.182. The monoisotopic (exact) mass is 314 g/mol. The van der Waals surface area contributed by atoms with Gasteiger partial charge >= 0.3 is 0 Å². The first-order valence-electron chi connectivity index (χ1n) is 7.40. The van der Waals surface area contributed by atoms with Crippen molar-refractivity contribution >= 4 is 5.91 Å². The Balaban J connectivity index is 2.14. The number of amides is 1. The van der Waals surface area contributed by atoms with Crippen LogP contribution in [0.25, 0.3) is 0 Å². The van der Waals surface area contributed by atoms with Gasteiger partial charge in [0.05, 0.1) is 13.2 Å². The first kappa shape index (κ1) is 17.0. The topological polar surface area (TPSA) is 84.6 Å². The highest BCUT2D eigenvalue weighted by molar-refractivity contribution is 5.85. The van der Waals surface area contributed by atoms with Crippen LogP contribution in [0.5, 0.6) is 5.75 Å². The second-order valence-corrected chi connectivity index (χ2v) is 5.53. The van der Waals surface area contributed by atoms with Crippen LogP contribution in [-0.2, 0) is 10.3 Å². The number of nitrogens with one attached hydrogen (secondary N) is 1. The van der Waals surface area contributed by atoms with Crippen molar-refractivity contribution in [3.8, 4) is 5.75 Å². The van der Waals surface area contributed by atoms with Crippen LogP contribution in [0.4, 0.5) is 0 Å². The molecule has 0 aromatic heterocycles. The molecule has 4 N–H and O–H groups in total. The summed E-state index contributed by atoms with van der Waals surface area (Å²) < 4.78 is 5.15. The summed E-state index contributed by atoms with van der Waals surface area (Å²) >= 11 is 0. The van der Waals surface area contributed by atoms with Crippen molar-refractivity contribution in [3.05, 3.63) is 65.7 Å². The number of primary amides is 1. The smallest absolute Gasteiger partial charge is 0.242 e. The minimum atomic E-state index is -1.05. The third-order valence-electron chi connectivity index (χ3n) is 3.97. The molecule has 2 atom stereocenters. The fraction of sp³-hybridized carbons (Fsp3) is 0.278. The van der Waals surface area contributed by atoms with E-state index >= 15 is 0 Å². The molecule has 23 heavy (non-hydrogen) atoms. The van der Waals surface area contributed by atoms with E-state index in [-0.39, 0.29) is 6.54 Å². The van der Waals surface area contributed by atoms with Gasteiger partial charge in [0.25, 0.3) is 0 Å². The van der Waals surface area contributed by atoms with E-state index in [4.69, 9.17) is 10.5 Å². The predicted octanol–water partition coefficient (Wildman–Crippen LogP) is 1.72. The summed E-state index contributed by atoms with van der Waals surface area (Å²) in [4.78, 5) is 11.9. The third kappa shape index (κ3) is 3.88. The van der Waals surface area contributed by atoms with Crippen molar-refractivity contribution in [2.75, 3.05) is 13.7 Å². The molecular weight excluding hydrogens is 292 g/mol. The van der Waals surface area contributed by atoms with Crippen molar-refractivity contribution in [1.82, 2.24) is 5.32 Å². The van der Waals surface area contributed by atoms with Crippen molar-refractivity contribution in [3.63, 3.8) is 0 Å². The largest absolute Gasteiger partial charge is 0.497 e. The summed E-state index contributed by atoms with van der Waals surface area (Å²) in [5.41, 5.74) is 5.98. The zero-order chi connectivity index (χ0) is 16.9. The van der Waals surface area contributed by atoms with Gasteiger partial charge in [-0.05, 0) is 30.2 Å². The number of aliphatic hydroxyl groups excluding tert-OH is 1. The molecule has 0 aliphatic rings. The summed E-state index contributed by atoms with van der Waals surface area (Å²) in [5.74, 6) is 0.170. The van der Waals surface area contributed by atoms with Crippen LogP contribution in [0.3, 0.4) is 0 Å². The molecule has 2 rings (SSSR count). The maximum absolute atomic E-state index is 11.9. The van der Waals surface area contributed by atoms with Gasteiger partial charge in [-0.2, -0.15) is 0 Å². The molecule has 0 bridgehead atoms. The number of hydrogen-bond donors (Lipinski definition) is 3. The Morgan fingerprint density at radius 3 is 2.57 bits per heavy atom. The number of carbonyl (C=O) groups is 1. The fourth-order valence-electron chi connectivity index (χ4n) is 2.37. The Labute approximate surface area is 136 Å². The van der Waals surface area contributed by atoms with Gasteiger partial charge in [-0.15, -0.1) is 0 Å². The summed E-state index contributed by atoms with van der Waals surface area (Å²) in [6.45, 7) is 1.89. The Kier molecular flexibility index (Phi) is 5.36. The first-order valence-corrected chi connectivity index (χ1v) is 7.40. The highest BCUT2D eigenvalue weighted by Crippen LogP contribution is 2.23. The molecule has 0 heterocycles. The molecule has 0 fully saturated rings. The standard InChI is InChI=1S/C18H22N2O3/c1-18(17(19)22,14-8-4-3-5-9-14)20-12-16(21)13-7-6-10-15(11-13)23-2/h3-11,16,20-21H,12H2,1-2H3,(H2,19,22). The van der Waals surface area contributed by atoms with Crippen LogP contribution in [-0.4, -0.2) is 24.7 Å². The molecule has 122 valence electrons. The number of methoxy groups -OCH3 is 1. The minimum Gasteiger partial charge on any atom is -0.497 e. The molecule has 2 aromatic carbocycles. The van der Waals surface area contributed by atoms with Gasteiger partial charge in [-0.3, -0.25) is 10.1 Å². The van der Waals surface area contributed by atoms with E-state index < -0.39 is 17.6 Å². The van der Waals surface area contributed by atoms with Gasteiger partial charge in [0, 0.05) is 6.54 Å². The highest BCUT2D eigenvalue weighted by Gasteiger charge is 2.33. The van der Waals surface area contributed by atoms with Crippen molar-refractivity contribution in [2.24, 2.45) is 5.73 Å². The molecule has 0 radical (unpaired) electrons. The normalized spacial score (nSPS) is 14.7. The number of hydrogen-bond acceptors (Lipinski definition) is 4. The Bertz CT molecular complexity index is 660. The van der Waals surface area contributed by atoms with Crippen LogP contribution in [0, 0.1) is 0 Å². The lowest BCUT2D eigenvalue weighted by Crippen LogP contribution is -2.51. The van der Waals surface area contributed by atoms with Crippen LogP contribution >= 0.6 is 0 Å². The Morgan fingerprint density at radius 1 is 1.26 bits per heavy atom. The van der Waals surface area contributed by atoms with Crippen LogP contribution in [0.2, 0.25) is 0 Å². The maximum Gasteiger partial charge on any atom is 0.242 e. The van der Waals surface area contributed by atoms with E-state index in [1.807, 2.05) is 36.4 Å². The number of ether oxygens (including phenoxy) is 1. The maximum atomic E-state index is 11.9. The summed E-state index contributed by atoms with van der Waals surface area (Å²) in [6, 6.07) is 16.4. The molecule has 0 saturated heterocycles. The quantitative estimate of drug-likeness (QED) is 0.726. The molecule has 0 spiro atoms. The Hall–Kier alpha value is -2.37. The molecule has 1 amide bonds. The third-order valence-corrected chi connectivity index (χ3v) is 3.97. The fourth-order valence-corrected chi connectivity index (χ4v) is 2.37. The SMILES string of the molecule is COc1cccc(C(O)CNC(C)(C(N)=O)c2ccccc2)c1. The van der Waals surface area contributed by atoms with E-state index in [9.17, 15) is 9.90 Å². The molecule has 0 aliphatic heterocycles. The number of benzene rings is 2. The lowest BCUT2D eigenvalue weighted by molar-refractivity contribution is -0.124. The van der Waals surface area contributed by atoms with Crippen molar-refractivity contribution < 1.29 is 14.6 Å². The summed E-state index contributed by atoms with van der Waals surface area (Å²) in [5, 5.41) is 13.4. The van der Waals surface area contributed by atoms with Gasteiger partial charge < -0.3 is 15.6 Å². The lowest BCUT2D eigenvalue weighted by Gasteiger charge is -2.29. The zero-order valence-corrected chi connectivity index (χ0v) is 13.3. The van der Waals surface area contributed by atoms with Gasteiger partial charge in [0.1, 0.15) is 11.3 Å². The van der Waals surface area contributed by atoms with Gasteiger partial charge in [-0.25, -0.2) is 0 Å². The average Bonchev–Trinajstić information content (AvgIpc) is 2.60. The number of nitrogens with two attached hydrogens (primary N) is 1. The second-order valence-electron chi connectivity index (χ2n) is 5.53. The molecule has 0 aliphatic carbocycles. The van der Waals surface area contributed by atoms with Crippen LogP contribution in [0.1, 0.15) is 24.2 Å². The average molecular weight is 314 g/mol. The van der Waals surface area contributed by atoms with Crippen LogP contribution in [0.15, 0.2) is 54.6 Å². The molecule has 2 aromatic rings. The lowest BCUT2D eigenvalue weighted by atomic mass is 9.91. The van der Waals surface area contributed by atoms with Gasteiger partial charge in [-0.1, -0.05) is 42.5 Å². The molecule has 5 heteroatoms. The van der Waals surface area contributed by atoms with E-state index in [1.165, 1.54) is 0 Å². The van der Waals surface area contributed by atoms with E-state index in [0.29, 0.717) is 11.3 Å². The van der Waals surface area contributed by atoms with Gasteiger partial charge in [0.2, 0.25) is 5.91 Å². The first-order chi connectivity index (χ1) is 11.0. The summed E-state index contributed by atoms with van der Waals surface area (Å²) in [6.07, 6.45) is -0.785. The zero-order valence-electron chi connectivity index (χ0n) is 13.3. The second kappa shape index (κ2) is 7.26. The van der Waals surface area contributed by atoms with E-state index in [2.05, 4.69) is 5.32 Å². The molecular formula is C18H22N2O3.